The van der Waals surface area contributed by atoms with Gasteiger partial charge in [0.25, 0.3) is 0 Å². The Morgan fingerprint density at radius 2 is 1.92 bits per heavy atom. The van der Waals surface area contributed by atoms with Crippen molar-refractivity contribution in [2.24, 2.45) is 0 Å². The predicted octanol–water partition coefficient (Wildman–Crippen LogP) is 5.21. The van der Waals surface area contributed by atoms with Crippen LogP contribution in [0.1, 0.15) is 42.4 Å². The van der Waals surface area contributed by atoms with Gasteiger partial charge in [0.05, 0.1) is 7.11 Å². The van der Waals surface area contributed by atoms with E-state index in [1.165, 1.54) is 41.5 Å². The molecule has 0 spiro atoms. The smallest absolute Gasteiger partial charge is 0.119 e. The molecule has 2 heteroatoms. The molecule has 2 unspecified atom stereocenters. The van der Waals surface area contributed by atoms with Gasteiger partial charge in [-0.1, -0.05) is 48.9 Å². The number of hydrogen-bond acceptors (Lipinski definition) is 2. The van der Waals surface area contributed by atoms with E-state index in [1.54, 1.807) is 7.11 Å². The summed E-state index contributed by atoms with van der Waals surface area (Å²) in [5.74, 6) is 0.966. The molecule has 2 aromatic rings. The zero-order chi connectivity index (χ0) is 17.2. The third-order valence-electron chi connectivity index (χ3n) is 5.65. The zero-order valence-corrected chi connectivity index (χ0v) is 15.2. The average molecular weight is 333 g/mol. The minimum absolute atomic E-state index is 0.564. The number of methoxy groups -OCH3 is 1. The first-order valence-electron chi connectivity index (χ1n) is 9.39. The summed E-state index contributed by atoms with van der Waals surface area (Å²) in [4.78, 5) is 2.72. The molecule has 0 aromatic heterocycles. The monoisotopic (exact) mass is 333 g/mol. The zero-order valence-electron chi connectivity index (χ0n) is 15.2. The highest BCUT2D eigenvalue weighted by atomic mass is 16.5. The van der Waals surface area contributed by atoms with E-state index in [4.69, 9.17) is 4.74 Å². The Labute approximate surface area is 151 Å². The van der Waals surface area contributed by atoms with Crippen LogP contribution in [0.3, 0.4) is 0 Å². The van der Waals surface area contributed by atoms with Crippen LogP contribution in [0.2, 0.25) is 0 Å². The number of benzene rings is 2. The van der Waals surface area contributed by atoms with E-state index in [2.05, 4.69) is 66.4 Å². The highest BCUT2D eigenvalue weighted by Gasteiger charge is 2.34. The lowest BCUT2D eigenvalue weighted by Crippen LogP contribution is -2.47. The highest BCUT2D eigenvalue weighted by Crippen LogP contribution is 2.38. The summed E-state index contributed by atoms with van der Waals surface area (Å²) in [5, 5.41) is 0. The van der Waals surface area contributed by atoms with Gasteiger partial charge in [0, 0.05) is 18.6 Å². The summed E-state index contributed by atoms with van der Waals surface area (Å²) < 4.78 is 5.48. The first kappa shape index (κ1) is 16.4. The summed E-state index contributed by atoms with van der Waals surface area (Å²) in [5.41, 5.74) is 5.54. The van der Waals surface area contributed by atoms with Crippen molar-refractivity contribution in [3.8, 4) is 5.75 Å². The summed E-state index contributed by atoms with van der Waals surface area (Å²) in [6.07, 6.45) is 7.60. The van der Waals surface area contributed by atoms with Gasteiger partial charge < -0.3 is 4.74 Å². The second-order valence-corrected chi connectivity index (χ2v) is 7.44. The van der Waals surface area contributed by atoms with Crippen molar-refractivity contribution in [3.63, 3.8) is 0 Å². The third kappa shape index (κ3) is 3.50. The quantitative estimate of drug-likeness (QED) is 0.761. The van der Waals surface area contributed by atoms with Gasteiger partial charge >= 0.3 is 0 Å². The molecular weight excluding hydrogens is 306 g/mol. The van der Waals surface area contributed by atoms with Gasteiger partial charge in [0.1, 0.15) is 5.75 Å². The van der Waals surface area contributed by atoms with Crippen molar-refractivity contribution in [1.82, 2.24) is 4.90 Å². The number of rotatable bonds is 4. The highest BCUT2D eigenvalue weighted by molar-refractivity contribution is 5.69. The standard InChI is InChI=1S/C23H27NO/c1-17-11-19(15-23(12-17)25-2)20-13-21-9-6-10-22(14-20)24(21)16-18-7-4-3-5-8-18/h3-5,7-8,11-13,15,21-22H,6,9-10,14,16H2,1-2H3. The van der Waals surface area contributed by atoms with E-state index in [0.717, 1.165) is 18.7 Å². The van der Waals surface area contributed by atoms with Crippen molar-refractivity contribution in [2.45, 2.75) is 51.2 Å². The summed E-state index contributed by atoms with van der Waals surface area (Å²) in [7, 11) is 1.75. The van der Waals surface area contributed by atoms with E-state index in [1.807, 2.05) is 0 Å². The summed E-state index contributed by atoms with van der Waals surface area (Å²) in [6.45, 7) is 3.22. The van der Waals surface area contributed by atoms with E-state index < -0.39 is 0 Å². The van der Waals surface area contributed by atoms with Gasteiger partial charge in [0.2, 0.25) is 0 Å². The molecule has 0 saturated carbocycles. The Hall–Kier alpha value is -2.06. The lowest BCUT2D eigenvalue weighted by Gasteiger charge is -2.45. The van der Waals surface area contributed by atoms with Crippen molar-refractivity contribution in [2.75, 3.05) is 7.11 Å². The van der Waals surface area contributed by atoms with E-state index in [-0.39, 0.29) is 0 Å². The Bertz CT molecular complexity index is 765. The molecule has 0 aliphatic carbocycles. The fourth-order valence-electron chi connectivity index (χ4n) is 4.42. The van der Waals surface area contributed by atoms with E-state index in [9.17, 15) is 0 Å². The molecule has 2 aromatic carbocycles. The fourth-order valence-corrected chi connectivity index (χ4v) is 4.42. The van der Waals surface area contributed by atoms with E-state index >= 15 is 0 Å². The second-order valence-electron chi connectivity index (χ2n) is 7.44. The minimum atomic E-state index is 0.564. The Morgan fingerprint density at radius 1 is 1.08 bits per heavy atom. The Morgan fingerprint density at radius 3 is 2.68 bits per heavy atom. The molecule has 130 valence electrons. The van der Waals surface area contributed by atoms with Crippen LogP contribution in [0.5, 0.6) is 5.75 Å². The van der Waals surface area contributed by atoms with Gasteiger partial charge in [-0.05, 0) is 60.6 Å². The molecular formula is C23H27NO. The van der Waals surface area contributed by atoms with Crippen LogP contribution in [0.25, 0.3) is 5.57 Å². The fraction of sp³-hybridized carbons (Fsp3) is 0.391. The molecule has 1 fully saturated rings. The van der Waals surface area contributed by atoms with Crippen molar-refractivity contribution in [1.29, 1.82) is 0 Å². The van der Waals surface area contributed by atoms with Crippen LogP contribution >= 0.6 is 0 Å². The Balaban J connectivity index is 1.62. The first-order valence-corrected chi connectivity index (χ1v) is 9.39. The lowest BCUT2D eigenvalue weighted by molar-refractivity contribution is 0.0951. The SMILES string of the molecule is COc1cc(C)cc(C2=CC3CCCC(C2)N3Cc2ccccc2)c1. The van der Waals surface area contributed by atoms with Gasteiger partial charge in [-0.15, -0.1) is 0 Å². The van der Waals surface area contributed by atoms with Gasteiger partial charge in [0.15, 0.2) is 0 Å². The number of hydrogen-bond donors (Lipinski definition) is 0. The molecule has 2 nitrogen and oxygen atoms in total. The van der Waals surface area contributed by atoms with E-state index in [0.29, 0.717) is 12.1 Å². The molecule has 25 heavy (non-hydrogen) atoms. The van der Waals surface area contributed by atoms with Crippen LogP contribution in [0.4, 0.5) is 0 Å². The van der Waals surface area contributed by atoms with Crippen LogP contribution in [-0.2, 0) is 6.54 Å². The van der Waals surface area contributed by atoms with Crippen molar-refractivity contribution < 1.29 is 4.74 Å². The molecule has 0 radical (unpaired) electrons. The Kier molecular flexibility index (Phi) is 4.63. The molecule has 2 bridgehead atoms. The maximum Gasteiger partial charge on any atom is 0.119 e. The van der Waals surface area contributed by atoms with Gasteiger partial charge in [-0.3, -0.25) is 4.90 Å². The molecule has 0 amide bonds. The summed E-state index contributed by atoms with van der Waals surface area (Å²) in [6, 6.07) is 18.7. The molecule has 0 N–H and O–H groups in total. The molecule has 2 aliphatic rings. The molecule has 2 atom stereocenters. The summed E-state index contributed by atoms with van der Waals surface area (Å²) >= 11 is 0. The predicted molar refractivity (Wildman–Crippen MR) is 104 cm³/mol. The van der Waals surface area contributed by atoms with Crippen LogP contribution in [0, 0.1) is 6.92 Å². The largest absolute Gasteiger partial charge is 0.497 e. The second kappa shape index (κ2) is 7.05. The van der Waals surface area contributed by atoms with Gasteiger partial charge in [-0.2, -0.15) is 0 Å². The number of aryl methyl sites for hydroxylation is 1. The lowest BCUT2D eigenvalue weighted by atomic mass is 9.82. The van der Waals surface area contributed by atoms with Crippen LogP contribution < -0.4 is 4.74 Å². The molecule has 1 saturated heterocycles. The molecule has 2 heterocycles. The van der Waals surface area contributed by atoms with Crippen LogP contribution in [-0.4, -0.2) is 24.1 Å². The first-order chi connectivity index (χ1) is 12.2. The number of fused-ring (bicyclic) bond motifs is 2. The maximum absolute atomic E-state index is 5.48. The molecule has 4 rings (SSSR count). The van der Waals surface area contributed by atoms with Crippen molar-refractivity contribution in [3.05, 3.63) is 71.3 Å². The average Bonchev–Trinajstić information content (AvgIpc) is 2.61. The number of ether oxygens (including phenoxy) is 1. The molecule has 2 aliphatic heterocycles. The topological polar surface area (TPSA) is 12.5 Å². The number of nitrogens with zero attached hydrogens (tertiary/aromatic N) is 1. The number of piperidine rings is 1. The van der Waals surface area contributed by atoms with Crippen LogP contribution in [0.15, 0.2) is 54.6 Å². The van der Waals surface area contributed by atoms with Gasteiger partial charge in [-0.25, -0.2) is 0 Å². The van der Waals surface area contributed by atoms with Crippen molar-refractivity contribution >= 4 is 5.57 Å². The third-order valence-corrected chi connectivity index (χ3v) is 5.65. The maximum atomic E-state index is 5.48. The minimum Gasteiger partial charge on any atom is -0.497 e. The normalized spacial score (nSPS) is 23.2.